The number of hydrogen-bond donors (Lipinski definition) is 2. The van der Waals surface area contributed by atoms with Gasteiger partial charge < -0.3 is 19.8 Å². The highest BCUT2D eigenvalue weighted by Crippen LogP contribution is 2.39. The highest BCUT2D eigenvalue weighted by atomic mass is 19.1. The lowest BCUT2D eigenvalue weighted by Crippen LogP contribution is -2.38. The molecule has 8 heteroatoms. The first-order valence-electron chi connectivity index (χ1n) is 13.7. The lowest BCUT2D eigenvalue weighted by molar-refractivity contribution is -0.136. The van der Waals surface area contributed by atoms with Gasteiger partial charge in [0.15, 0.2) is 0 Å². The fourth-order valence-corrected chi connectivity index (χ4v) is 4.44. The van der Waals surface area contributed by atoms with Gasteiger partial charge in [-0.2, -0.15) is 0 Å². The number of nitrogens with zero attached hydrogens (tertiary/aromatic N) is 3. The number of carbonyl (C=O) groups is 1. The van der Waals surface area contributed by atoms with Crippen molar-refractivity contribution >= 4 is 11.7 Å². The Labute approximate surface area is 237 Å². The smallest absolute Gasteiger partial charge is 0.307 e. The van der Waals surface area contributed by atoms with Crippen LogP contribution in [0.2, 0.25) is 0 Å². The molecule has 2 N–H and O–H groups in total. The highest BCUT2D eigenvalue weighted by Gasteiger charge is 2.29. The molecule has 216 valence electrons. The van der Waals surface area contributed by atoms with Crippen molar-refractivity contribution in [3.8, 4) is 17.0 Å². The Bertz CT molecular complexity index is 1250. The molecule has 0 atom stereocenters. The molecule has 1 fully saturated rings. The van der Waals surface area contributed by atoms with Crippen LogP contribution in [-0.2, 0) is 17.6 Å². The largest absolute Gasteiger partial charge is 0.492 e. The molecule has 4 rings (SSSR count). The van der Waals surface area contributed by atoms with E-state index in [2.05, 4.69) is 28.7 Å². The summed E-state index contributed by atoms with van der Waals surface area (Å²) in [6.45, 7) is 13.8. The minimum absolute atomic E-state index is 0.0769. The maximum atomic E-state index is 13.1. The van der Waals surface area contributed by atoms with Crippen LogP contribution < -0.4 is 9.64 Å². The van der Waals surface area contributed by atoms with Crippen LogP contribution in [0.5, 0.6) is 5.75 Å². The zero-order valence-electron chi connectivity index (χ0n) is 24.5. The Hall–Kier alpha value is -3.52. The molecule has 0 aliphatic carbocycles. The second-order valence-electron chi connectivity index (χ2n) is 12.1. The molecule has 0 radical (unpaired) electrons. The maximum Gasteiger partial charge on any atom is 0.307 e. The number of aliphatic hydroxyl groups is 1. The molecule has 7 nitrogen and oxygen atoms in total. The van der Waals surface area contributed by atoms with Gasteiger partial charge in [0, 0.05) is 42.5 Å². The second-order valence-corrected chi connectivity index (χ2v) is 12.1. The molecular weight excluding hydrogens is 509 g/mol. The molecule has 1 saturated heterocycles. The van der Waals surface area contributed by atoms with Crippen molar-refractivity contribution in [2.24, 2.45) is 5.41 Å². The molecule has 3 heterocycles. The summed E-state index contributed by atoms with van der Waals surface area (Å²) in [5.74, 6) is -0.481. The van der Waals surface area contributed by atoms with E-state index in [-0.39, 0.29) is 17.7 Å². The molecular formula is C32H42FN3O4. The van der Waals surface area contributed by atoms with Gasteiger partial charge in [0.05, 0.1) is 36.2 Å². The lowest BCUT2D eigenvalue weighted by Gasteiger charge is -2.40. The van der Waals surface area contributed by atoms with Gasteiger partial charge in [-0.25, -0.2) is 4.39 Å². The molecule has 40 heavy (non-hydrogen) atoms. The van der Waals surface area contributed by atoms with Crippen molar-refractivity contribution in [1.82, 2.24) is 9.97 Å². The van der Waals surface area contributed by atoms with Crippen LogP contribution in [0, 0.1) is 18.2 Å². The highest BCUT2D eigenvalue weighted by molar-refractivity contribution is 5.83. The molecule has 0 bridgehead atoms. The van der Waals surface area contributed by atoms with E-state index in [1.54, 1.807) is 45.3 Å². The van der Waals surface area contributed by atoms with E-state index >= 15 is 0 Å². The van der Waals surface area contributed by atoms with Crippen molar-refractivity contribution < 1.29 is 24.1 Å². The third kappa shape index (κ3) is 9.59. The van der Waals surface area contributed by atoms with Gasteiger partial charge in [0.1, 0.15) is 11.6 Å². The number of carboxylic acid groups (broad SMARTS) is 1. The number of piperidine rings is 1. The van der Waals surface area contributed by atoms with E-state index in [0.29, 0.717) is 18.8 Å². The Morgan fingerprint density at radius 1 is 1.05 bits per heavy atom. The van der Waals surface area contributed by atoms with Gasteiger partial charge in [0.25, 0.3) is 0 Å². The lowest BCUT2D eigenvalue weighted by atomic mass is 9.82. The summed E-state index contributed by atoms with van der Waals surface area (Å²) in [6, 6.07) is 10.2. The van der Waals surface area contributed by atoms with Gasteiger partial charge in [0.2, 0.25) is 0 Å². The minimum Gasteiger partial charge on any atom is -0.492 e. The summed E-state index contributed by atoms with van der Waals surface area (Å²) in [6.07, 6.45) is 6.14. The monoisotopic (exact) mass is 551 g/mol. The van der Waals surface area contributed by atoms with Crippen molar-refractivity contribution in [2.75, 3.05) is 24.6 Å². The first kappa shape index (κ1) is 31.0. The van der Waals surface area contributed by atoms with Crippen LogP contribution in [0.3, 0.4) is 0 Å². The zero-order valence-corrected chi connectivity index (χ0v) is 24.5. The van der Waals surface area contributed by atoms with Crippen molar-refractivity contribution in [2.45, 2.75) is 72.8 Å². The van der Waals surface area contributed by atoms with Gasteiger partial charge in [-0.15, -0.1) is 0 Å². The Morgan fingerprint density at radius 3 is 2.23 bits per heavy atom. The van der Waals surface area contributed by atoms with E-state index in [1.165, 1.54) is 12.1 Å². The fraction of sp³-hybridized carbons (Fsp3) is 0.469. The number of benzene rings is 1. The topological polar surface area (TPSA) is 95.8 Å². The zero-order chi connectivity index (χ0) is 29.5. The number of hydrogen-bond acceptors (Lipinski definition) is 6. The summed E-state index contributed by atoms with van der Waals surface area (Å²) < 4.78 is 18.9. The van der Waals surface area contributed by atoms with E-state index < -0.39 is 11.6 Å². The molecule has 1 aliphatic rings. The Kier molecular flexibility index (Phi) is 10.3. The summed E-state index contributed by atoms with van der Waals surface area (Å²) >= 11 is 0. The molecule has 3 aromatic rings. The average Bonchev–Trinajstić information content (AvgIpc) is 2.86. The Morgan fingerprint density at radius 2 is 1.68 bits per heavy atom. The summed E-state index contributed by atoms with van der Waals surface area (Å²) in [5.41, 5.74) is 4.75. The quantitative estimate of drug-likeness (QED) is 0.342. The average molecular weight is 552 g/mol. The van der Waals surface area contributed by atoms with Gasteiger partial charge >= 0.3 is 5.97 Å². The molecule has 0 spiro atoms. The van der Waals surface area contributed by atoms with E-state index in [9.17, 15) is 14.3 Å². The van der Waals surface area contributed by atoms with Crippen LogP contribution in [-0.4, -0.2) is 51.4 Å². The number of ether oxygens (including phenoxy) is 1. The maximum absolute atomic E-state index is 13.1. The molecule has 2 aromatic heterocycles. The van der Waals surface area contributed by atoms with Crippen molar-refractivity contribution in [1.29, 1.82) is 0 Å². The van der Waals surface area contributed by atoms with Crippen LogP contribution in [0.15, 0.2) is 48.8 Å². The summed E-state index contributed by atoms with van der Waals surface area (Å²) in [7, 11) is 0. The first-order valence-corrected chi connectivity index (χ1v) is 13.7. The van der Waals surface area contributed by atoms with Crippen LogP contribution in [0.4, 0.5) is 10.1 Å². The number of halogens is 1. The van der Waals surface area contributed by atoms with Crippen LogP contribution in [0.25, 0.3) is 11.3 Å². The van der Waals surface area contributed by atoms with Gasteiger partial charge in [-0.05, 0) is 75.8 Å². The van der Waals surface area contributed by atoms with Crippen LogP contribution in [0.1, 0.15) is 64.3 Å². The second kappa shape index (κ2) is 13.2. The van der Waals surface area contributed by atoms with E-state index in [4.69, 9.17) is 9.84 Å². The number of pyridine rings is 2. The predicted octanol–water partition coefficient (Wildman–Crippen LogP) is 6.24. The first-order chi connectivity index (χ1) is 18.7. The predicted molar refractivity (Wildman–Crippen MR) is 156 cm³/mol. The molecule has 1 aromatic carbocycles. The molecule has 0 unspecified atom stereocenters. The third-order valence-electron chi connectivity index (χ3n) is 6.71. The molecule has 0 amide bonds. The molecule has 0 saturated carbocycles. The number of aromatic nitrogens is 2. The minimum atomic E-state index is -0.872. The number of carboxylic acids is 1. The van der Waals surface area contributed by atoms with Gasteiger partial charge in [-0.1, -0.05) is 26.0 Å². The standard InChI is InChI=1S/C28H32FN3O3.C4H10O/c1-19-23(16-26(33)34)27(32-13-11-28(2,3)12-14-32)24(18-30-19)25-9-8-22(17-31-25)35-15-10-20-4-6-21(29)7-5-20;1-4(2,3)5/h4-9,17-18H,10-16H2,1-3H3,(H,33,34);5H,1-3H3. The summed E-state index contributed by atoms with van der Waals surface area (Å²) in [5, 5.41) is 18.1. The van der Waals surface area contributed by atoms with Crippen LogP contribution >= 0.6 is 0 Å². The third-order valence-corrected chi connectivity index (χ3v) is 6.71. The SMILES string of the molecule is CC(C)(C)O.Cc1ncc(-c2ccc(OCCc3ccc(F)cc3)cn2)c(N2CCC(C)(C)CC2)c1CC(=O)O. The van der Waals surface area contributed by atoms with Gasteiger partial charge in [-0.3, -0.25) is 14.8 Å². The number of anilines is 1. The van der Waals surface area contributed by atoms with E-state index in [1.807, 2.05) is 19.1 Å². The van der Waals surface area contributed by atoms with Crippen molar-refractivity contribution in [3.05, 3.63) is 71.4 Å². The van der Waals surface area contributed by atoms with Crippen molar-refractivity contribution in [3.63, 3.8) is 0 Å². The Balaban J connectivity index is 0.000000810. The normalized spacial score (nSPS) is 14.8. The fourth-order valence-electron chi connectivity index (χ4n) is 4.44. The number of aryl methyl sites for hydroxylation is 1. The summed E-state index contributed by atoms with van der Waals surface area (Å²) in [4.78, 5) is 23.1. The van der Waals surface area contributed by atoms with E-state index in [0.717, 1.165) is 59.7 Å². The molecule has 1 aliphatic heterocycles. The number of rotatable bonds is 8. The number of aliphatic carboxylic acids is 1.